The van der Waals surface area contributed by atoms with E-state index < -0.39 is 10.7 Å². The number of hydrogen-bond donors (Lipinski definition) is 1. The minimum Gasteiger partial charge on any atom is -0.232 e. The largest absolute Gasteiger partial charge is 0.232 e. The Hall–Kier alpha value is -1.50. The third-order valence-electron chi connectivity index (χ3n) is 3.39. The Morgan fingerprint density at radius 1 is 0.957 bits per heavy atom. The van der Waals surface area contributed by atoms with Crippen molar-refractivity contribution in [3.05, 3.63) is 69.8 Å². The highest BCUT2D eigenvalue weighted by Crippen LogP contribution is 2.41. The molecule has 0 aliphatic carbocycles. The summed E-state index contributed by atoms with van der Waals surface area (Å²) in [7, 11) is -2.42. The van der Waals surface area contributed by atoms with E-state index in [1.165, 1.54) is 12.1 Å². The van der Waals surface area contributed by atoms with Crippen molar-refractivity contribution in [3.8, 4) is 21.6 Å². The van der Waals surface area contributed by atoms with Gasteiger partial charge in [-0.25, -0.2) is 12.8 Å². The molecule has 0 amide bonds. The maximum absolute atomic E-state index is 13.1. The highest BCUT2D eigenvalue weighted by Gasteiger charge is 2.12. The summed E-state index contributed by atoms with van der Waals surface area (Å²) in [5.74, 6) is -0.213. The van der Waals surface area contributed by atoms with Crippen LogP contribution in [0.25, 0.3) is 21.6 Å². The van der Waals surface area contributed by atoms with E-state index in [4.69, 9.17) is 0 Å². The zero-order chi connectivity index (χ0) is 16.4. The fourth-order valence-corrected chi connectivity index (χ4v) is 4.47. The Kier molecular flexibility index (Phi) is 4.94. The lowest BCUT2D eigenvalue weighted by Crippen LogP contribution is -1.87. The SMILES string of the molecule is O=[SH](=O)Cc1ccc(-c2cc(Br)sc2-c2ccc(F)cc2)cc1. The minimum atomic E-state index is -2.42. The molecule has 6 heteroatoms. The van der Waals surface area contributed by atoms with Gasteiger partial charge in [0.05, 0.1) is 9.54 Å². The molecule has 0 bridgehead atoms. The predicted octanol–water partition coefficient (Wildman–Crippen LogP) is 5.10. The molecule has 23 heavy (non-hydrogen) atoms. The molecule has 0 atom stereocenters. The average molecular weight is 411 g/mol. The van der Waals surface area contributed by atoms with Crippen molar-refractivity contribution in [2.45, 2.75) is 5.75 Å². The zero-order valence-electron chi connectivity index (χ0n) is 11.8. The highest BCUT2D eigenvalue weighted by molar-refractivity contribution is 9.11. The minimum absolute atomic E-state index is 0.0494. The van der Waals surface area contributed by atoms with Crippen molar-refractivity contribution in [2.75, 3.05) is 0 Å². The van der Waals surface area contributed by atoms with E-state index in [1.807, 2.05) is 30.3 Å². The van der Waals surface area contributed by atoms with Crippen LogP contribution in [0.3, 0.4) is 0 Å². The standard InChI is InChI=1S/C17H12BrFO2S2/c18-16-9-15(12-3-1-11(2-4-12)10-23(20)21)17(22-16)13-5-7-14(19)8-6-13/h1-9,23H,10H2. The van der Waals surface area contributed by atoms with Gasteiger partial charge in [0.25, 0.3) is 0 Å². The number of benzene rings is 2. The van der Waals surface area contributed by atoms with Crippen molar-refractivity contribution in [1.29, 1.82) is 0 Å². The first-order valence-electron chi connectivity index (χ1n) is 6.79. The van der Waals surface area contributed by atoms with Crippen LogP contribution in [0.2, 0.25) is 0 Å². The summed E-state index contributed by atoms with van der Waals surface area (Å²) in [4.78, 5) is 1.04. The molecule has 0 aliphatic heterocycles. The Morgan fingerprint density at radius 3 is 2.17 bits per heavy atom. The van der Waals surface area contributed by atoms with Gasteiger partial charge >= 0.3 is 0 Å². The monoisotopic (exact) mass is 410 g/mol. The van der Waals surface area contributed by atoms with Gasteiger partial charge in [0, 0.05) is 10.4 Å². The lowest BCUT2D eigenvalue weighted by molar-refractivity contribution is 0.614. The van der Waals surface area contributed by atoms with Gasteiger partial charge in [-0.2, -0.15) is 0 Å². The maximum atomic E-state index is 13.1. The Labute approximate surface area is 147 Å². The molecule has 0 saturated carbocycles. The lowest BCUT2D eigenvalue weighted by atomic mass is 10.0. The van der Waals surface area contributed by atoms with Crippen molar-refractivity contribution < 1.29 is 12.8 Å². The van der Waals surface area contributed by atoms with Crippen LogP contribution in [0.5, 0.6) is 0 Å². The second kappa shape index (κ2) is 6.95. The number of hydrogen-bond acceptors (Lipinski definition) is 3. The van der Waals surface area contributed by atoms with Crippen molar-refractivity contribution in [1.82, 2.24) is 0 Å². The summed E-state index contributed by atoms with van der Waals surface area (Å²) < 4.78 is 35.7. The summed E-state index contributed by atoms with van der Waals surface area (Å²) in [6, 6.07) is 15.9. The first-order chi connectivity index (χ1) is 11.0. The molecular formula is C17H12BrFO2S2. The normalized spacial score (nSPS) is 11.1. The summed E-state index contributed by atoms with van der Waals surface area (Å²) in [6.07, 6.45) is 0. The molecule has 0 aliphatic rings. The van der Waals surface area contributed by atoms with Crippen LogP contribution in [0.15, 0.2) is 58.4 Å². The fraction of sp³-hybridized carbons (Fsp3) is 0.0588. The van der Waals surface area contributed by atoms with E-state index in [0.717, 1.165) is 30.9 Å². The quantitative estimate of drug-likeness (QED) is 0.607. The van der Waals surface area contributed by atoms with Crippen molar-refractivity contribution >= 4 is 38.0 Å². The Balaban J connectivity index is 2.01. The molecule has 1 heterocycles. The molecule has 3 aromatic rings. The molecule has 1 aromatic heterocycles. The fourth-order valence-electron chi connectivity index (χ4n) is 2.33. The van der Waals surface area contributed by atoms with Crippen LogP contribution in [0, 0.1) is 5.82 Å². The van der Waals surface area contributed by atoms with Crippen molar-refractivity contribution in [3.63, 3.8) is 0 Å². The average Bonchev–Trinajstić information content (AvgIpc) is 2.90. The van der Waals surface area contributed by atoms with Gasteiger partial charge in [0.15, 0.2) is 0 Å². The van der Waals surface area contributed by atoms with Gasteiger partial charge in [0.1, 0.15) is 16.5 Å². The molecule has 118 valence electrons. The van der Waals surface area contributed by atoms with Crippen LogP contribution >= 0.6 is 27.3 Å². The van der Waals surface area contributed by atoms with Gasteiger partial charge < -0.3 is 0 Å². The lowest BCUT2D eigenvalue weighted by Gasteiger charge is -2.05. The summed E-state index contributed by atoms with van der Waals surface area (Å²) >= 11 is 5.08. The molecule has 0 spiro atoms. The maximum Gasteiger partial charge on any atom is 0.144 e. The van der Waals surface area contributed by atoms with E-state index in [-0.39, 0.29) is 11.6 Å². The molecule has 2 aromatic carbocycles. The van der Waals surface area contributed by atoms with Gasteiger partial charge in [-0.3, -0.25) is 0 Å². The molecule has 3 rings (SSSR count). The number of thiol groups is 1. The molecule has 2 nitrogen and oxygen atoms in total. The Morgan fingerprint density at radius 2 is 1.57 bits per heavy atom. The van der Waals surface area contributed by atoms with E-state index in [1.54, 1.807) is 23.5 Å². The van der Waals surface area contributed by atoms with Gasteiger partial charge in [-0.05, 0) is 50.8 Å². The second-order valence-corrected chi connectivity index (χ2v) is 8.40. The molecule has 0 N–H and O–H groups in total. The third kappa shape index (κ3) is 3.88. The number of thiophene rings is 1. The molecular weight excluding hydrogens is 399 g/mol. The number of halogens is 2. The summed E-state index contributed by atoms with van der Waals surface area (Å²) in [5, 5.41) is 0. The second-order valence-electron chi connectivity index (χ2n) is 4.99. The molecule has 0 radical (unpaired) electrons. The van der Waals surface area contributed by atoms with Crippen LogP contribution in [-0.4, -0.2) is 8.42 Å². The highest BCUT2D eigenvalue weighted by atomic mass is 79.9. The van der Waals surface area contributed by atoms with Crippen LogP contribution < -0.4 is 0 Å². The predicted molar refractivity (Wildman–Crippen MR) is 96.9 cm³/mol. The topological polar surface area (TPSA) is 34.1 Å². The first kappa shape index (κ1) is 16.4. The van der Waals surface area contributed by atoms with E-state index in [9.17, 15) is 12.8 Å². The van der Waals surface area contributed by atoms with Crippen LogP contribution in [0.1, 0.15) is 5.56 Å². The summed E-state index contributed by atoms with van der Waals surface area (Å²) in [6.45, 7) is 0. The molecule has 0 saturated heterocycles. The molecule has 0 unspecified atom stereocenters. The van der Waals surface area contributed by atoms with Crippen LogP contribution in [0.4, 0.5) is 4.39 Å². The first-order valence-corrected chi connectivity index (χ1v) is 9.76. The Bertz CT molecular complexity index is 889. The van der Waals surface area contributed by atoms with Gasteiger partial charge in [-0.15, -0.1) is 11.3 Å². The van der Waals surface area contributed by atoms with E-state index in [2.05, 4.69) is 15.9 Å². The third-order valence-corrected chi connectivity index (χ3v) is 5.70. The molecule has 0 fully saturated rings. The summed E-state index contributed by atoms with van der Waals surface area (Å²) in [5.41, 5.74) is 3.74. The van der Waals surface area contributed by atoms with Crippen molar-refractivity contribution in [2.24, 2.45) is 0 Å². The number of rotatable bonds is 4. The van der Waals surface area contributed by atoms with E-state index >= 15 is 0 Å². The zero-order valence-corrected chi connectivity index (χ0v) is 15.1. The van der Waals surface area contributed by atoms with Gasteiger partial charge in [-0.1, -0.05) is 36.4 Å². The van der Waals surface area contributed by atoms with Crippen LogP contribution in [-0.2, 0) is 16.5 Å². The van der Waals surface area contributed by atoms with E-state index in [0.29, 0.717) is 0 Å². The smallest absolute Gasteiger partial charge is 0.144 e. The van der Waals surface area contributed by atoms with Gasteiger partial charge in [0.2, 0.25) is 0 Å².